The summed E-state index contributed by atoms with van der Waals surface area (Å²) in [5, 5.41) is 3.31. The smallest absolute Gasteiger partial charge is 0.127 e. The summed E-state index contributed by atoms with van der Waals surface area (Å²) in [4.78, 5) is 0. The summed E-state index contributed by atoms with van der Waals surface area (Å²) in [6.07, 6.45) is 0.975. The second-order valence-electron chi connectivity index (χ2n) is 5.15. The monoisotopic (exact) mass is 251 g/mol. The molecule has 0 aromatic heterocycles. The van der Waals surface area contributed by atoms with Crippen LogP contribution in [0.3, 0.4) is 0 Å². The van der Waals surface area contributed by atoms with E-state index in [4.69, 9.17) is 9.47 Å². The van der Waals surface area contributed by atoms with Gasteiger partial charge in [-0.3, -0.25) is 0 Å². The zero-order valence-electron chi connectivity index (χ0n) is 10.3. The van der Waals surface area contributed by atoms with Crippen LogP contribution in [-0.2, 0) is 14.9 Å². The molecule has 0 bridgehead atoms. The number of nitrogens with one attached hydrogen (secondary N) is 1. The van der Waals surface area contributed by atoms with E-state index < -0.39 is 0 Å². The van der Waals surface area contributed by atoms with Gasteiger partial charge in [-0.2, -0.15) is 0 Å². The van der Waals surface area contributed by atoms with Gasteiger partial charge in [-0.05, 0) is 18.1 Å². The molecule has 4 heteroatoms. The first-order valence-corrected chi connectivity index (χ1v) is 6.45. The number of halogens is 1. The number of ether oxygens (including phenoxy) is 2. The van der Waals surface area contributed by atoms with Crippen LogP contribution in [0.25, 0.3) is 0 Å². The van der Waals surface area contributed by atoms with Crippen molar-refractivity contribution in [3.63, 3.8) is 0 Å². The fourth-order valence-electron chi connectivity index (χ4n) is 2.81. The van der Waals surface area contributed by atoms with Crippen LogP contribution < -0.4 is 5.32 Å². The van der Waals surface area contributed by atoms with Crippen LogP contribution in [-0.4, -0.2) is 39.0 Å². The predicted molar refractivity (Wildman–Crippen MR) is 66.1 cm³/mol. The SMILES string of the molecule is Fc1ccccc1C1(CC2CNCCO2)COC1. The van der Waals surface area contributed by atoms with E-state index in [0.29, 0.717) is 13.2 Å². The maximum absolute atomic E-state index is 13.9. The maximum Gasteiger partial charge on any atom is 0.127 e. The number of morpholine rings is 1. The first-order valence-electron chi connectivity index (χ1n) is 6.45. The second kappa shape index (κ2) is 4.96. The molecule has 0 spiro atoms. The largest absolute Gasteiger partial charge is 0.379 e. The van der Waals surface area contributed by atoms with Crippen LogP contribution in [0.15, 0.2) is 24.3 Å². The molecule has 1 aromatic carbocycles. The molecule has 1 atom stereocenters. The predicted octanol–water partition coefficient (Wildman–Crippen LogP) is 1.47. The Bertz CT molecular complexity index is 414. The van der Waals surface area contributed by atoms with Crippen LogP contribution in [0, 0.1) is 5.82 Å². The molecule has 2 aliphatic rings. The van der Waals surface area contributed by atoms with Crippen molar-refractivity contribution in [3.8, 4) is 0 Å². The van der Waals surface area contributed by atoms with Crippen molar-refractivity contribution >= 4 is 0 Å². The molecule has 3 rings (SSSR count). The molecular formula is C14H18FNO2. The zero-order valence-corrected chi connectivity index (χ0v) is 10.3. The Morgan fingerprint density at radius 2 is 2.17 bits per heavy atom. The standard InChI is InChI=1S/C14H18FNO2/c15-13-4-2-1-3-12(13)14(9-17-10-14)7-11-8-16-5-6-18-11/h1-4,11,16H,5-10H2. The van der Waals surface area contributed by atoms with Crippen LogP contribution in [0.1, 0.15) is 12.0 Å². The molecule has 1 N–H and O–H groups in total. The Balaban J connectivity index is 1.79. The van der Waals surface area contributed by atoms with Crippen LogP contribution in [0.4, 0.5) is 4.39 Å². The van der Waals surface area contributed by atoms with Crippen LogP contribution in [0.5, 0.6) is 0 Å². The summed E-state index contributed by atoms with van der Waals surface area (Å²) in [6, 6.07) is 7.01. The van der Waals surface area contributed by atoms with Gasteiger partial charge in [0, 0.05) is 18.5 Å². The lowest BCUT2D eigenvalue weighted by atomic mass is 9.74. The Labute approximate surface area is 106 Å². The molecule has 3 nitrogen and oxygen atoms in total. The van der Waals surface area contributed by atoms with E-state index in [1.54, 1.807) is 6.07 Å². The molecule has 2 heterocycles. The molecule has 98 valence electrons. The van der Waals surface area contributed by atoms with Crippen molar-refractivity contribution in [2.24, 2.45) is 0 Å². The molecule has 0 radical (unpaired) electrons. The Kier molecular flexibility index (Phi) is 3.33. The Morgan fingerprint density at radius 3 is 2.78 bits per heavy atom. The molecule has 2 fully saturated rings. The van der Waals surface area contributed by atoms with Crippen LogP contribution in [0.2, 0.25) is 0 Å². The summed E-state index contributed by atoms with van der Waals surface area (Å²) in [5.74, 6) is -0.135. The normalized spacial score (nSPS) is 26.6. The molecule has 1 aromatic rings. The van der Waals surface area contributed by atoms with E-state index in [2.05, 4.69) is 5.32 Å². The van der Waals surface area contributed by atoms with E-state index >= 15 is 0 Å². The molecule has 0 aliphatic carbocycles. The first kappa shape index (κ1) is 12.1. The lowest BCUT2D eigenvalue weighted by molar-refractivity contribution is -0.0954. The van der Waals surface area contributed by atoms with Gasteiger partial charge in [-0.1, -0.05) is 18.2 Å². The average Bonchev–Trinajstić information content (AvgIpc) is 2.36. The number of benzene rings is 1. The van der Waals surface area contributed by atoms with Gasteiger partial charge in [0.05, 0.1) is 25.9 Å². The zero-order chi connectivity index (χ0) is 12.4. The van der Waals surface area contributed by atoms with Gasteiger partial charge >= 0.3 is 0 Å². The highest BCUT2D eigenvalue weighted by atomic mass is 19.1. The van der Waals surface area contributed by atoms with Crippen molar-refractivity contribution in [3.05, 3.63) is 35.6 Å². The van der Waals surface area contributed by atoms with Crippen LogP contribution >= 0.6 is 0 Å². The fourth-order valence-corrected chi connectivity index (χ4v) is 2.81. The molecule has 0 amide bonds. The highest BCUT2D eigenvalue weighted by molar-refractivity contribution is 5.30. The lowest BCUT2D eigenvalue weighted by Gasteiger charge is -2.44. The first-order chi connectivity index (χ1) is 8.80. The molecule has 2 saturated heterocycles. The number of hydrogen-bond donors (Lipinski definition) is 1. The number of rotatable bonds is 3. The number of hydrogen-bond acceptors (Lipinski definition) is 3. The summed E-state index contributed by atoms with van der Waals surface area (Å²) >= 11 is 0. The lowest BCUT2D eigenvalue weighted by Crippen LogP contribution is -2.52. The van der Waals surface area contributed by atoms with Gasteiger partial charge in [-0.15, -0.1) is 0 Å². The molecular weight excluding hydrogens is 233 g/mol. The molecule has 18 heavy (non-hydrogen) atoms. The van der Waals surface area contributed by atoms with Crippen molar-refractivity contribution in [2.45, 2.75) is 17.9 Å². The highest BCUT2D eigenvalue weighted by Crippen LogP contribution is 2.38. The van der Waals surface area contributed by atoms with Gasteiger partial charge in [0.15, 0.2) is 0 Å². The van der Waals surface area contributed by atoms with E-state index in [1.165, 1.54) is 6.07 Å². The summed E-state index contributed by atoms with van der Waals surface area (Å²) in [7, 11) is 0. The minimum Gasteiger partial charge on any atom is -0.379 e. The Morgan fingerprint density at radius 1 is 1.33 bits per heavy atom. The van der Waals surface area contributed by atoms with Crippen molar-refractivity contribution in [1.82, 2.24) is 5.32 Å². The molecule has 1 unspecified atom stereocenters. The Hall–Kier alpha value is -0.970. The minimum atomic E-state index is -0.199. The summed E-state index contributed by atoms with van der Waals surface area (Å²) in [5.41, 5.74) is 0.570. The minimum absolute atomic E-state index is 0.135. The summed E-state index contributed by atoms with van der Waals surface area (Å²) < 4.78 is 25.0. The highest BCUT2D eigenvalue weighted by Gasteiger charge is 2.44. The maximum atomic E-state index is 13.9. The fraction of sp³-hybridized carbons (Fsp3) is 0.571. The van der Waals surface area contributed by atoms with Crippen molar-refractivity contribution in [1.29, 1.82) is 0 Å². The molecule has 2 aliphatic heterocycles. The van der Waals surface area contributed by atoms with Gasteiger partial charge in [0.25, 0.3) is 0 Å². The van der Waals surface area contributed by atoms with Crippen molar-refractivity contribution in [2.75, 3.05) is 32.9 Å². The van der Waals surface area contributed by atoms with E-state index in [-0.39, 0.29) is 17.3 Å². The van der Waals surface area contributed by atoms with E-state index in [9.17, 15) is 4.39 Å². The average molecular weight is 251 g/mol. The van der Waals surface area contributed by atoms with Gasteiger partial charge in [0.2, 0.25) is 0 Å². The third-order valence-corrected chi connectivity index (χ3v) is 3.82. The van der Waals surface area contributed by atoms with E-state index in [1.807, 2.05) is 12.1 Å². The second-order valence-corrected chi connectivity index (χ2v) is 5.15. The van der Waals surface area contributed by atoms with Crippen molar-refractivity contribution < 1.29 is 13.9 Å². The van der Waals surface area contributed by atoms with E-state index in [0.717, 1.165) is 31.7 Å². The molecule has 0 saturated carbocycles. The quantitative estimate of drug-likeness (QED) is 0.882. The third-order valence-electron chi connectivity index (χ3n) is 3.82. The van der Waals surface area contributed by atoms with Gasteiger partial charge < -0.3 is 14.8 Å². The van der Waals surface area contributed by atoms with Gasteiger partial charge in [-0.25, -0.2) is 4.39 Å². The van der Waals surface area contributed by atoms with Gasteiger partial charge in [0.1, 0.15) is 5.82 Å². The third kappa shape index (κ3) is 2.16. The summed E-state index contributed by atoms with van der Waals surface area (Å²) in [6.45, 7) is 3.66. The topological polar surface area (TPSA) is 30.5 Å².